The van der Waals surface area contributed by atoms with Gasteiger partial charge in [0, 0.05) is 35.9 Å². The molecule has 2 amide bonds. The normalized spacial score (nSPS) is 17.0. The molecule has 1 aromatic carbocycles. The minimum Gasteiger partial charge on any atom is -0.334 e. The smallest absolute Gasteiger partial charge is 0.318 e. The van der Waals surface area contributed by atoms with Gasteiger partial charge in [-0.3, -0.25) is 10.1 Å². The molecule has 134 valence electrons. The molecule has 0 saturated carbocycles. The zero-order chi connectivity index (χ0) is 18.1. The van der Waals surface area contributed by atoms with Crippen LogP contribution in [0.1, 0.15) is 41.4 Å². The Hall–Kier alpha value is -2.89. The highest BCUT2D eigenvalue weighted by Gasteiger charge is 2.32. The number of hydrogen-bond donors (Lipinski definition) is 2. The summed E-state index contributed by atoms with van der Waals surface area (Å²) in [6.45, 7) is 5.29. The molecule has 2 aromatic heterocycles. The van der Waals surface area contributed by atoms with Gasteiger partial charge in [-0.15, -0.1) is 0 Å². The predicted molar refractivity (Wildman–Crippen MR) is 101 cm³/mol. The van der Waals surface area contributed by atoms with Crippen molar-refractivity contribution in [2.75, 3.05) is 6.54 Å². The highest BCUT2D eigenvalue weighted by molar-refractivity contribution is 5.82. The molecule has 6 nitrogen and oxygen atoms in total. The van der Waals surface area contributed by atoms with E-state index in [0.717, 1.165) is 52.8 Å². The van der Waals surface area contributed by atoms with E-state index in [9.17, 15) is 4.79 Å². The van der Waals surface area contributed by atoms with E-state index in [4.69, 9.17) is 0 Å². The summed E-state index contributed by atoms with van der Waals surface area (Å²) in [5.41, 5.74) is 5.21. The van der Waals surface area contributed by atoms with Gasteiger partial charge in [0.2, 0.25) is 0 Å². The number of nitrogens with one attached hydrogen (secondary N) is 2. The van der Waals surface area contributed by atoms with Crippen molar-refractivity contribution in [3.8, 4) is 0 Å². The first-order valence-corrected chi connectivity index (χ1v) is 9.03. The van der Waals surface area contributed by atoms with Crippen LogP contribution in [0, 0.1) is 13.8 Å². The molecule has 2 N–H and O–H groups in total. The Morgan fingerprint density at radius 1 is 1.31 bits per heavy atom. The van der Waals surface area contributed by atoms with Crippen molar-refractivity contribution in [3.05, 3.63) is 59.0 Å². The van der Waals surface area contributed by atoms with Crippen molar-refractivity contribution < 1.29 is 4.79 Å². The van der Waals surface area contributed by atoms with E-state index in [1.165, 1.54) is 0 Å². The number of rotatable bonds is 3. The summed E-state index contributed by atoms with van der Waals surface area (Å²) in [6, 6.07) is 10.0. The van der Waals surface area contributed by atoms with Crippen LogP contribution in [0.3, 0.4) is 0 Å². The number of aromatic nitrogens is 3. The Morgan fingerprint density at radius 3 is 2.96 bits per heavy atom. The lowest BCUT2D eigenvalue weighted by atomic mass is 10.0. The Bertz CT molecular complexity index is 924. The maximum Gasteiger partial charge on any atom is 0.318 e. The first-order valence-electron chi connectivity index (χ1n) is 9.03. The predicted octanol–water partition coefficient (Wildman–Crippen LogP) is 3.62. The van der Waals surface area contributed by atoms with Gasteiger partial charge in [0.25, 0.3) is 0 Å². The number of hydrogen-bond acceptors (Lipinski definition) is 3. The molecule has 1 aliphatic rings. The number of fused-ring (bicyclic) bond motifs is 1. The van der Waals surface area contributed by atoms with Crippen LogP contribution in [0.15, 0.2) is 36.5 Å². The first kappa shape index (κ1) is 16.6. The number of aromatic amines is 1. The summed E-state index contributed by atoms with van der Waals surface area (Å²) >= 11 is 0. The molecular formula is C20H23N5O. The highest BCUT2D eigenvalue weighted by Crippen LogP contribution is 2.34. The van der Waals surface area contributed by atoms with Crippen LogP contribution in [0.25, 0.3) is 10.9 Å². The first-order chi connectivity index (χ1) is 12.6. The van der Waals surface area contributed by atoms with Crippen molar-refractivity contribution >= 4 is 16.9 Å². The van der Waals surface area contributed by atoms with E-state index in [1.807, 2.05) is 49.1 Å². The van der Waals surface area contributed by atoms with Crippen LogP contribution >= 0.6 is 0 Å². The summed E-state index contributed by atoms with van der Waals surface area (Å²) in [5.74, 6) is 0. The molecule has 6 heteroatoms. The number of likely N-dealkylation sites (tertiary alicyclic amines) is 1. The lowest BCUT2D eigenvalue weighted by Gasteiger charge is -2.25. The maximum atomic E-state index is 12.9. The molecule has 3 heterocycles. The van der Waals surface area contributed by atoms with Crippen LogP contribution in [0.2, 0.25) is 0 Å². The molecule has 1 saturated heterocycles. The minimum absolute atomic E-state index is 0.0200. The number of carbonyl (C=O) groups excluding carboxylic acids is 1. The van der Waals surface area contributed by atoms with Gasteiger partial charge in [-0.05, 0) is 44.4 Å². The second-order valence-electron chi connectivity index (χ2n) is 6.85. The van der Waals surface area contributed by atoms with Crippen molar-refractivity contribution in [1.82, 2.24) is 25.4 Å². The van der Waals surface area contributed by atoms with Gasteiger partial charge in [0.15, 0.2) is 0 Å². The number of nitrogens with zero attached hydrogens (tertiary/aromatic N) is 3. The quantitative estimate of drug-likeness (QED) is 0.758. The standard InChI is InChI=1S/C20H23N5O/c1-13-19(14(2)24-23-13)18-8-5-11-25(18)20(26)22-12-15-9-10-21-17-7-4-3-6-16(15)17/h3-4,6-7,9-10,18H,5,8,11-12H2,1-2H3,(H,22,26)(H,23,24). The van der Waals surface area contributed by atoms with Gasteiger partial charge < -0.3 is 10.2 Å². The summed E-state index contributed by atoms with van der Waals surface area (Å²) < 4.78 is 0. The summed E-state index contributed by atoms with van der Waals surface area (Å²) in [4.78, 5) is 19.2. The third kappa shape index (κ3) is 2.92. The summed E-state index contributed by atoms with van der Waals surface area (Å²) in [6.07, 6.45) is 3.79. The average Bonchev–Trinajstić information content (AvgIpc) is 3.26. The third-order valence-corrected chi connectivity index (χ3v) is 5.20. The molecule has 26 heavy (non-hydrogen) atoms. The minimum atomic E-state index is -0.0200. The molecule has 1 aliphatic heterocycles. The Morgan fingerprint density at radius 2 is 2.15 bits per heavy atom. The number of pyridine rings is 1. The fourth-order valence-corrected chi connectivity index (χ4v) is 3.94. The van der Waals surface area contributed by atoms with Crippen molar-refractivity contribution in [1.29, 1.82) is 0 Å². The van der Waals surface area contributed by atoms with Gasteiger partial charge >= 0.3 is 6.03 Å². The Labute approximate surface area is 152 Å². The zero-order valence-electron chi connectivity index (χ0n) is 15.1. The molecule has 0 bridgehead atoms. The van der Waals surface area contributed by atoms with Crippen molar-refractivity contribution in [3.63, 3.8) is 0 Å². The van der Waals surface area contributed by atoms with Crippen LogP contribution in [0.5, 0.6) is 0 Å². The van der Waals surface area contributed by atoms with E-state index < -0.39 is 0 Å². The molecule has 1 atom stereocenters. The fourth-order valence-electron chi connectivity index (χ4n) is 3.94. The summed E-state index contributed by atoms with van der Waals surface area (Å²) in [7, 11) is 0. The number of aryl methyl sites for hydroxylation is 2. The number of urea groups is 1. The number of benzene rings is 1. The average molecular weight is 349 g/mol. The largest absolute Gasteiger partial charge is 0.334 e. The van der Waals surface area contributed by atoms with Crippen LogP contribution in [0.4, 0.5) is 4.79 Å². The Kier molecular flexibility index (Phi) is 4.32. The van der Waals surface area contributed by atoms with Crippen molar-refractivity contribution in [2.24, 2.45) is 0 Å². The molecule has 0 aliphatic carbocycles. The van der Waals surface area contributed by atoms with E-state index in [1.54, 1.807) is 6.20 Å². The monoisotopic (exact) mass is 349 g/mol. The SMILES string of the molecule is Cc1n[nH]c(C)c1C1CCCN1C(=O)NCc1ccnc2ccccc12. The van der Waals surface area contributed by atoms with Gasteiger partial charge in [-0.1, -0.05) is 18.2 Å². The van der Waals surface area contributed by atoms with E-state index >= 15 is 0 Å². The second kappa shape index (κ2) is 6.78. The lowest BCUT2D eigenvalue weighted by Crippen LogP contribution is -2.39. The molecule has 0 spiro atoms. The van der Waals surface area contributed by atoms with Gasteiger partial charge in [0.05, 0.1) is 17.3 Å². The highest BCUT2D eigenvalue weighted by atomic mass is 16.2. The molecule has 4 rings (SSSR count). The van der Waals surface area contributed by atoms with E-state index in [-0.39, 0.29) is 12.1 Å². The Balaban J connectivity index is 1.51. The molecule has 1 unspecified atom stereocenters. The van der Waals surface area contributed by atoms with Gasteiger partial charge in [0.1, 0.15) is 0 Å². The third-order valence-electron chi connectivity index (χ3n) is 5.20. The molecular weight excluding hydrogens is 326 g/mol. The van der Waals surface area contributed by atoms with Gasteiger partial charge in [-0.25, -0.2) is 4.79 Å². The summed E-state index contributed by atoms with van der Waals surface area (Å²) in [5, 5.41) is 11.5. The number of H-pyrrole nitrogens is 1. The van der Waals surface area contributed by atoms with Crippen molar-refractivity contribution in [2.45, 2.75) is 39.3 Å². The maximum absolute atomic E-state index is 12.9. The molecule has 3 aromatic rings. The molecule has 0 radical (unpaired) electrons. The topological polar surface area (TPSA) is 73.9 Å². The number of amides is 2. The zero-order valence-corrected chi connectivity index (χ0v) is 15.1. The number of carbonyl (C=O) groups is 1. The fraction of sp³-hybridized carbons (Fsp3) is 0.350. The van der Waals surface area contributed by atoms with Crippen LogP contribution in [-0.4, -0.2) is 32.7 Å². The lowest BCUT2D eigenvalue weighted by molar-refractivity contribution is 0.192. The molecule has 1 fully saturated rings. The van der Waals surface area contributed by atoms with Crippen LogP contribution < -0.4 is 5.32 Å². The van der Waals surface area contributed by atoms with E-state index in [2.05, 4.69) is 20.5 Å². The van der Waals surface area contributed by atoms with Gasteiger partial charge in [-0.2, -0.15) is 5.10 Å². The second-order valence-corrected chi connectivity index (χ2v) is 6.85. The van der Waals surface area contributed by atoms with E-state index in [0.29, 0.717) is 6.54 Å². The number of para-hydroxylation sites is 1. The van der Waals surface area contributed by atoms with Crippen LogP contribution in [-0.2, 0) is 6.54 Å².